The molecule has 0 bridgehead atoms. The van der Waals surface area contributed by atoms with E-state index < -0.39 is 0 Å². The van der Waals surface area contributed by atoms with Crippen LogP contribution in [0.3, 0.4) is 0 Å². The molecular formula is C18H28IN5O3. The Bertz CT molecular complexity index is 749. The average molecular weight is 489 g/mol. The van der Waals surface area contributed by atoms with Gasteiger partial charge < -0.3 is 24.8 Å². The van der Waals surface area contributed by atoms with Gasteiger partial charge in [0.2, 0.25) is 5.75 Å². The number of guanidine groups is 1. The second-order valence-corrected chi connectivity index (χ2v) is 5.54. The largest absolute Gasteiger partial charge is 0.493 e. The third-order valence-electron chi connectivity index (χ3n) is 4.06. The summed E-state index contributed by atoms with van der Waals surface area (Å²) >= 11 is 0. The van der Waals surface area contributed by atoms with Crippen LogP contribution < -0.4 is 24.8 Å². The number of nitrogens with zero attached hydrogens (tertiary/aromatic N) is 3. The maximum Gasteiger partial charge on any atom is 0.203 e. The maximum atomic E-state index is 5.52. The molecule has 0 radical (unpaired) electrons. The summed E-state index contributed by atoms with van der Waals surface area (Å²) in [5.74, 6) is 2.66. The standard InChI is InChI=1S/C18H27N5O3.HI/c1-19-18(21-12-14-9-11-22-23(14)2)20-10-8-13-6-7-15(24-3)17(26-5)16(13)25-4;/h6-7,9,11H,8,10,12H2,1-5H3,(H2,19,20,21);1H. The van der Waals surface area contributed by atoms with E-state index in [1.54, 1.807) is 34.6 Å². The van der Waals surface area contributed by atoms with Crippen LogP contribution in [0.25, 0.3) is 0 Å². The smallest absolute Gasteiger partial charge is 0.203 e. The van der Waals surface area contributed by atoms with Crippen molar-refractivity contribution in [3.8, 4) is 17.2 Å². The lowest BCUT2D eigenvalue weighted by Gasteiger charge is -2.16. The van der Waals surface area contributed by atoms with Gasteiger partial charge in [0.25, 0.3) is 0 Å². The molecule has 27 heavy (non-hydrogen) atoms. The Balaban J connectivity index is 0.00000364. The van der Waals surface area contributed by atoms with Crippen LogP contribution in [0, 0.1) is 0 Å². The van der Waals surface area contributed by atoms with Gasteiger partial charge in [-0.15, -0.1) is 24.0 Å². The molecule has 0 atom stereocenters. The van der Waals surface area contributed by atoms with E-state index in [9.17, 15) is 0 Å². The van der Waals surface area contributed by atoms with Gasteiger partial charge in [-0.1, -0.05) is 6.07 Å². The van der Waals surface area contributed by atoms with Crippen molar-refractivity contribution in [1.82, 2.24) is 20.4 Å². The number of ether oxygens (including phenoxy) is 3. The summed E-state index contributed by atoms with van der Waals surface area (Å²) in [5, 5.41) is 10.7. The van der Waals surface area contributed by atoms with E-state index >= 15 is 0 Å². The number of rotatable bonds is 8. The first-order valence-electron chi connectivity index (χ1n) is 8.33. The molecule has 0 fully saturated rings. The summed E-state index contributed by atoms with van der Waals surface area (Å²) in [6.07, 6.45) is 2.52. The Morgan fingerprint density at radius 1 is 1.07 bits per heavy atom. The number of halogens is 1. The van der Waals surface area contributed by atoms with Crippen molar-refractivity contribution < 1.29 is 14.2 Å². The molecule has 0 saturated carbocycles. The lowest BCUT2D eigenvalue weighted by Crippen LogP contribution is -2.38. The highest BCUT2D eigenvalue weighted by atomic mass is 127. The zero-order chi connectivity index (χ0) is 18.9. The molecule has 0 aliphatic carbocycles. The topological polar surface area (TPSA) is 81.9 Å². The van der Waals surface area contributed by atoms with Gasteiger partial charge in [-0.05, 0) is 18.6 Å². The fraction of sp³-hybridized carbons (Fsp3) is 0.444. The molecule has 0 aliphatic rings. The molecule has 2 N–H and O–H groups in total. The van der Waals surface area contributed by atoms with Crippen LogP contribution in [0.4, 0.5) is 0 Å². The van der Waals surface area contributed by atoms with E-state index in [2.05, 4.69) is 20.7 Å². The summed E-state index contributed by atoms with van der Waals surface area (Å²) in [5.41, 5.74) is 2.11. The molecule has 150 valence electrons. The minimum absolute atomic E-state index is 0. The van der Waals surface area contributed by atoms with Gasteiger partial charge in [-0.3, -0.25) is 9.67 Å². The second-order valence-electron chi connectivity index (χ2n) is 5.54. The summed E-state index contributed by atoms with van der Waals surface area (Å²) in [6, 6.07) is 5.83. The first kappa shape index (κ1) is 22.9. The third-order valence-corrected chi connectivity index (χ3v) is 4.06. The number of aromatic nitrogens is 2. The zero-order valence-corrected chi connectivity index (χ0v) is 18.7. The quantitative estimate of drug-likeness (QED) is 0.336. The molecule has 2 aromatic rings. The van der Waals surface area contributed by atoms with Gasteiger partial charge in [0.15, 0.2) is 17.5 Å². The summed E-state index contributed by atoms with van der Waals surface area (Å²) in [6.45, 7) is 1.34. The molecule has 1 aromatic carbocycles. The van der Waals surface area contributed by atoms with Gasteiger partial charge in [0, 0.05) is 32.4 Å². The van der Waals surface area contributed by atoms with Crippen LogP contribution in [0.1, 0.15) is 11.3 Å². The lowest BCUT2D eigenvalue weighted by atomic mass is 10.1. The molecule has 0 aliphatic heterocycles. The number of aliphatic imine (C=N–C) groups is 1. The molecule has 2 rings (SSSR count). The molecule has 9 heteroatoms. The summed E-state index contributed by atoms with van der Waals surface area (Å²) in [7, 11) is 8.50. The number of hydrogen-bond acceptors (Lipinski definition) is 5. The van der Waals surface area contributed by atoms with Crippen LogP contribution >= 0.6 is 24.0 Å². The molecule has 1 aromatic heterocycles. The number of hydrogen-bond donors (Lipinski definition) is 2. The zero-order valence-electron chi connectivity index (χ0n) is 16.4. The van der Waals surface area contributed by atoms with Crippen molar-refractivity contribution in [2.75, 3.05) is 34.9 Å². The second kappa shape index (κ2) is 11.5. The molecule has 0 saturated heterocycles. The SMILES string of the molecule is CN=C(NCCc1ccc(OC)c(OC)c1OC)NCc1ccnn1C.I. The van der Waals surface area contributed by atoms with Gasteiger partial charge in [0.05, 0.1) is 33.6 Å². The molecule has 0 spiro atoms. The minimum atomic E-state index is 0. The van der Waals surface area contributed by atoms with Gasteiger partial charge in [-0.2, -0.15) is 5.10 Å². The predicted octanol–water partition coefficient (Wildman–Crippen LogP) is 1.97. The number of benzene rings is 1. The van der Waals surface area contributed by atoms with Crippen LogP contribution in [0.15, 0.2) is 29.4 Å². The Morgan fingerprint density at radius 3 is 2.37 bits per heavy atom. The summed E-state index contributed by atoms with van der Waals surface area (Å²) in [4.78, 5) is 4.24. The Morgan fingerprint density at radius 2 is 1.81 bits per heavy atom. The Kier molecular flexibility index (Phi) is 9.76. The highest BCUT2D eigenvalue weighted by Crippen LogP contribution is 2.39. The van der Waals surface area contributed by atoms with Crippen LogP contribution in [-0.4, -0.2) is 50.7 Å². The van der Waals surface area contributed by atoms with Crippen LogP contribution in [0.5, 0.6) is 17.2 Å². The molecule has 8 nitrogen and oxygen atoms in total. The first-order chi connectivity index (χ1) is 12.6. The van der Waals surface area contributed by atoms with Crippen LogP contribution in [0.2, 0.25) is 0 Å². The van der Waals surface area contributed by atoms with E-state index in [4.69, 9.17) is 14.2 Å². The van der Waals surface area contributed by atoms with Crippen LogP contribution in [-0.2, 0) is 20.0 Å². The molecular weight excluding hydrogens is 461 g/mol. The van der Waals surface area contributed by atoms with E-state index in [1.807, 2.05) is 29.9 Å². The van der Waals surface area contributed by atoms with E-state index in [1.165, 1.54) is 0 Å². The normalized spacial score (nSPS) is 10.8. The average Bonchev–Trinajstić information content (AvgIpc) is 3.08. The Hall–Kier alpha value is -2.17. The maximum absolute atomic E-state index is 5.52. The highest BCUT2D eigenvalue weighted by Gasteiger charge is 2.15. The summed E-state index contributed by atoms with van der Waals surface area (Å²) < 4.78 is 18.1. The van der Waals surface area contributed by atoms with E-state index in [-0.39, 0.29) is 24.0 Å². The number of aryl methyl sites for hydroxylation is 1. The van der Waals surface area contributed by atoms with Crippen molar-refractivity contribution >= 4 is 29.9 Å². The van der Waals surface area contributed by atoms with Crippen molar-refractivity contribution in [3.05, 3.63) is 35.7 Å². The van der Waals surface area contributed by atoms with Crippen molar-refractivity contribution in [2.45, 2.75) is 13.0 Å². The van der Waals surface area contributed by atoms with E-state index in [0.717, 1.165) is 23.6 Å². The van der Waals surface area contributed by atoms with Gasteiger partial charge in [-0.25, -0.2) is 0 Å². The van der Waals surface area contributed by atoms with Crippen molar-refractivity contribution in [1.29, 1.82) is 0 Å². The van der Waals surface area contributed by atoms with Crippen molar-refractivity contribution in [2.24, 2.45) is 12.0 Å². The monoisotopic (exact) mass is 489 g/mol. The van der Waals surface area contributed by atoms with Gasteiger partial charge >= 0.3 is 0 Å². The molecule has 0 unspecified atom stereocenters. The first-order valence-corrected chi connectivity index (χ1v) is 8.33. The lowest BCUT2D eigenvalue weighted by molar-refractivity contribution is 0.322. The fourth-order valence-electron chi connectivity index (χ4n) is 2.65. The fourth-order valence-corrected chi connectivity index (χ4v) is 2.65. The van der Waals surface area contributed by atoms with E-state index in [0.29, 0.717) is 30.3 Å². The van der Waals surface area contributed by atoms with Crippen molar-refractivity contribution in [3.63, 3.8) is 0 Å². The number of methoxy groups -OCH3 is 3. The number of nitrogens with one attached hydrogen (secondary N) is 2. The molecule has 1 heterocycles. The van der Waals surface area contributed by atoms with Gasteiger partial charge in [0.1, 0.15) is 0 Å². The third kappa shape index (κ3) is 5.91. The minimum Gasteiger partial charge on any atom is -0.493 e. The molecule has 0 amide bonds. The highest BCUT2D eigenvalue weighted by molar-refractivity contribution is 14.0. The Labute approximate surface area is 177 Å². The predicted molar refractivity (Wildman–Crippen MR) is 117 cm³/mol.